The van der Waals surface area contributed by atoms with Gasteiger partial charge in [0, 0.05) is 0 Å². The van der Waals surface area contributed by atoms with Crippen molar-refractivity contribution >= 4 is 55.8 Å². The highest BCUT2D eigenvalue weighted by atomic mass is 32.2. The maximum absolute atomic E-state index is 13.0. The van der Waals surface area contributed by atoms with Gasteiger partial charge in [-0.3, -0.25) is 0 Å². The second-order valence-corrected chi connectivity index (χ2v) is 10.6. The van der Waals surface area contributed by atoms with E-state index in [-0.39, 0.29) is 12.2 Å². The molecule has 0 unspecified atom stereocenters. The Kier molecular flexibility index (Phi) is 6.97. The number of fused-ring (bicyclic) bond motifs is 1. The zero-order valence-corrected chi connectivity index (χ0v) is 20.5. The van der Waals surface area contributed by atoms with Crippen LogP contribution in [-0.4, -0.2) is 30.4 Å². The minimum Gasteiger partial charge on any atom is -0.462 e. The van der Waals surface area contributed by atoms with Crippen LogP contribution in [0.3, 0.4) is 0 Å². The van der Waals surface area contributed by atoms with Crippen molar-refractivity contribution in [2.24, 2.45) is 0 Å². The fourth-order valence-electron chi connectivity index (χ4n) is 2.96. The molecule has 0 atom stereocenters. The molecule has 0 saturated carbocycles. The molecule has 0 bridgehead atoms. The number of hydrogen-bond donors (Lipinski definition) is 0. The Labute approximate surface area is 195 Å². The van der Waals surface area contributed by atoms with E-state index in [1.54, 1.807) is 27.7 Å². The summed E-state index contributed by atoms with van der Waals surface area (Å²) in [5.41, 5.74) is -0.726. The molecule has 0 fully saturated rings. The lowest BCUT2D eigenvalue weighted by Crippen LogP contribution is -2.23. The van der Waals surface area contributed by atoms with E-state index in [4.69, 9.17) is 9.47 Å². The smallest absolute Gasteiger partial charge is 0.416 e. The van der Waals surface area contributed by atoms with Crippen LogP contribution in [0.25, 0.3) is 19.8 Å². The van der Waals surface area contributed by atoms with Crippen LogP contribution in [0.1, 0.15) is 53.3 Å². The number of thiophene rings is 2. The Bertz CT molecular complexity index is 1150. The first kappa shape index (κ1) is 24.6. The van der Waals surface area contributed by atoms with Gasteiger partial charge in [-0.15, -0.1) is 34.4 Å². The molecule has 0 amide bonds. The molecule has 0 saturated heterocycles. The highest BCUT2D eigenvalue weighted by Gasteiger charge is 2.32. The highest BCUT2D eigenvalue weighted by Crippen LogP contribution is 2.49. The Hall–Kier alpha value is -2.04. The van der Waals surface area contributed by atoms with Crippen molar-refractivity contribution in [1.29, 1.82) is 0 Å². The zero-order chi connectivity index (χ0) is 23.8. The summed E-state index contributed by atoms with van der Waals surface area (Å²) in [4.78, 5) is 27.2. The zero-order valence-electron chi connectivity index (χ0n) is 18.0. The van der Waals surface area contributed by atoms with Crippen LogP contribution in [0, 0.1) is 0 Å². The van der Waals surface area contributed by atoms with E-state index in [2.05, 4.69) is 0 Å². The highest BCUT2D eigenvalue weighted by molar-refractivity contribution is 7.99. The SMILES string of the molecule is CCOC(=O)c1c(-c2ccc(C(F)(F)F)cc2)sc2c(SC)c(C(=O)OC(C)(C)C)sc12. The number of ether oxygens (including phenoxy) is 2. The molecular weight excluding hydrogens is 481 g/mol. The quantitative estimate of drug-likeness (QED) is 0.267. The van der Waals surface area contributed by atoms with Gasteiger partial charge >= 0.3 is 18.1 Å². The fraction of sp³-hybridized carbons (Fsp3) is 0.364. The molecule has 2 heterocycles. The van der Waals surface area contributed by atoms with Gasteiger partial charge in [-0.05, 0) is 51.6 Å². The van der Waals surface area contributed by atoms with Gasteiger partial charge in [0.05, 0.1) is 36.9 Å². The average Bonchev–Trinajstić information content (AvgIpc) is 3.22. The fourth-order valence-corrected chi connectivity index (χ4v) is 6.85. The average molecular weight is 503 g/mol. The predicted molar refractivity (Wildman–Crippen MR) is 123 cm³/mol. The van der Waals surface area contributed by atoms with E-state index in [9.17, 15) is 22.8 Å². The molecule has 0 aliphatic carbocycles. The van der Waals surface area contributed by atoms with E-state index in [1.807, 2.05) is 6.26 Å². The predicted octanol–water partition coefficient (Wildman–Crippen LogP) is 7.50. The van der Waals surface area contributed by atoms with Crippen LogP contribution in [0.4, 0.5) is 13.2 Å². The van der Waals surface area contributed by atoms with Crippen LogP contribution < -0.4 is 0 Å². The van der Waals surface area contributed by atoms with Gasteiger partial charge in [0.1, 0.15) is 10.5 Å². The Morgan fingerprint density at radius 3 is 2.12 bits per heavy atom. The lowest BCUT2D eigenvalue weighted by Gasteiger charge is -2.19. The second kappa shape index (κ2) is 9.07. The third-order valence-corrected chi connectivity index (χ3v) is 7.87. The molecule has 0 aliphatic rings. The number of thioether (sulfide) groups is 1. The number of halogens is 3. The number of carbonyl (C=O) groups is 2. The number of benzene rings is 1. The number of carbonyl (C=O) groups excluding carboxylic acids is 2. The minimum atomic E-state index is -4.45. The molecule has 0 aliphatic heterocycles. The van der Waals surface area contributed by atoms with Crippen molar-refractivity contribution in [2.45, 2.75) is 44.4 Å². The number of rotatable bonds is 5. The van der Waals surface area contributed by atoms with Crippen molar-refractivity contribution in [1.82, 2.24) is 0 Å². The van der Waals surface area contributed by atoms with Gasteiger partial charge < -0.3 is 9.47 Å². The maximum atomic E-state index is 13.0. The van der Waals surface area contributed by atoms with Crippen molar-refractivity contribution in [3.05, 3.63) is 40.3 Å². The molecule has 0 N–H and O–H groups in total. The van der Waals surface area contributed by atoms with Gasteiger partial charge in [0.25, 0.3) is 0 Å². The van der Waals surface area contributed by atoms with Crippen molar-refractivity contribution < 1.29 is 32.2 Å². The summed E-state index contributed by atoms with van der Waals surface area (Å²) in [6, 6.07) is 4.66. The van der Waals surface area contributed by atoms with Gasteiger partial charge in [-0.1, -0.05) is 12.1 Å². The standard InChI is InChI=1S/C22H21F3O4S3/c1-6-28-19(26)13-14(11-7-9-12(10-8-11)22(23,24)25)31-17-15(13)32-18(16(17)30-5)20(27)29-21(2,3)4/h7-10H,6H2,1-5H3. The number of hydrogen-bond acceptors (Lipinski definition) is 7. The number of esters is 2. The molecule has 10 heteroatoms. The van der Waals surface area contributed by atoms with E-state index < -0.39 is 29.3 Å². The molecule has 0 radical (unpaired) electrons. The summed E-state index contributed by atoms with van der Waals surface area (Å²) in [5.74, 6) is -1.07. The summed E-state index contributed by atoms with van der Waals surface area (Å²) < 4.78 is 50.9. The van der Waals surface area contributed by atoms with E-state index in [1.165, 1.54) is 35.2 Å². The first-order chi connectivity index (χ1) is 14.9. The maximum Gasteiger partial charge on any atom is 0.416 e. The van der Waals surface area contributed by atoms with Gasteiger partial charge in [-0.2, -0.15) is 13.2 Å². The lowest BCUT2D eigenvalue weighted by molar-refractivity contribution is -0.137. The van der Waals surface area contributed by atoms with Crippen LogP contribution in [0.5, 0.6) is 0 Å². The third kappa shape index (κ3) is 4.97. The largest absolute Gasteiger partial charge is 0.462 e. The lowest BCUT2D eigenvalue weighted by atomic mass is 10.1. The van der Waals surface area contributed by atoms with Crippen molar-refractivity contribution in [3.8, 4) is 10.4 Å². The van der Waals surface area contributed by atoms with Crippen LogP contribution in [0.15, 0.2) is 29.2 Å². The molecule has 4 nitrogen and oxygen atoms in total. The van der Waals surface area contributed by atoms with Crippen molar-refractivity contribution in [3.63, 3.8) is 0 Å². The Balaban J connectivity index is 2.20. The van der Waals surface area contributed by atoms with Crippen LogP contribution >= 0.6 is 34.4 Å². The van der Waals surface area contributed by atoms with E-state index >= 15 is 0 Å². The first-order valence-electron chi connectivity index (χ1n) is 9.58. The topological polar surface area (TPSA) is 52.6 Å². The summed E-state index contributed by atoms with van der Waals surface area (Å²) in [6.45, 7) is 7.13. The molecule has 3 aromatic rings. The second-order valence-electron chi connectivity index (χ2n) is 7.73. The van der Waals surface area contributed by atoms with Crippen LogP contribution in [-0.2, 0) is 15.7 Å². The Morgan fingerprint density at radius 2 is 1.62 bits per heavy atom. The molecular formula is C22H21F3O4S3. The molecule has 2 aromatic heterocycles. The normalized spacial score (nSPS) is 12.2. The Morgan fingerprint density at radius 1 is 1.00 bits per heavy atom. The first-order valence-corrected chi connectivity index (χ1v) is 12.4. The monoisotopic (exact) mass is 502 g/mol. The number of alkyl halides is 3. The van der Waals surface area contributed by atoms with Gasteiger partial charge in [0.2, 0.25) is 0 Å². The van der Waals surface area contributed by atoms with E-state index in [0.29, 0.717) is 29.6 Å². The van der Waals surface area contributed by atoms with Gasteiger partial charge in [0.15, 0.2) is 0 Å². The summed E-state index contributed by atoms with van der Waals surface area (Å²) in [6.07, 6.45) is -2.64. The summed E-state index contributed by atoms with van der Waals surface area (Å²) >= 11 is 3.74. The molecule has 32 heavy (non-hydrogen) atoms. The molecule has 0 spiro atoms. The summed E-state index contributed by atoms with van der Waals surface area (Å²) in [7, 11) is 0. The molecule has 3 rings (SSSR count). The van der Waals surface area contributed by atoms with Gasteiger partial charge in [-0.25, -0.2) is 9.59 Å². The minimum absolute atomic E-state index is 0.141. The molecule has 172 valence electrons. The molecule has 1 aromatic carbocycles. The summed E-state index contributed by atoms with van der Waals surface area (Å²) in [5, 5.41) is 0. The van der Waals surface area contributed by atoms with E-state index in [0.717, 1.165) is 23.5 Å². The van der Waals surface area contributed by atoms with Crippen LogP contribution in [0.2, 0.25) is 0 Å². The third-order valence-electron chi connectivity index (χ3n) is 4.22. The van der Waals surface area contributed by atoms with Crippen molar-refractivity contribution in [2.75, 3.05) is 12.9 Å².